The maximum atomic E-state index is 13.8. The number of sulfonamides is 1. The molecule has 0 aliphatic carbocycles. The summed E-state index contributed by atoms with van der Waals surface area (Å²) in [4.78, 5) is 24.7. The number of anilines is 1. The van der Waals surface area contributed by atoms with Crippen LogP contribution in [0.3, 0.4) is 0 Å². The number of aromatic nitrogens is 2. The average molecular weight is 586 g/mol. The van der Waals surface area contributed by atoms with Crippen LogP contribution in [0.25, 0.3) is 11.3 Å². The van der Waals surface area contributed by atoms with E-state index in [9.17, 15) is 13.2 Å². The predicted molar refractivity (Wildman–Crippen MR) is 158 cm³/mol. The van der Waals surface area contributed by atoms with Gasteiger partial charge in [0.1, 0.15) is 6.10 Å². The Labute approximate surface area is 242 Å². The van der Waals surface area contributed by atoms with E-state index in [-0.39, 0.29) is 41.1 Å². The molecule has 2 N–H and O–H groups in total. The summed E-state index contributed by atoms with van der Waals surface area (Å²) in [5, 5.41) is 3.47. The lowest BCUT2D eigenvalue weighted by molar-refractivity contribution is 0.0592. The molecule has 6 bridgehead atoms. The van der Waals surface area contributed by atoms with E-state index >= 15 is 0 Å². The van der Waals surface area contributed by atoms with Crippen molar-refractivity contribution in [2.45, 2.75) is 57.6 Å². The number of carbonyl (C=O) groups excluding carboxylic acids is 1. The zero-order valence-corrected chi connectivity index (χ0v) is 24.8. The molecule has 11 heteroatoms. The molecule has 214 valence electrons. The van der Waals surface area contributed by atoms with E-state index in [2.05, 4.69) is 33.9 Å². The second-order valence-corrected chi connectivity index (χ2v) is 12.5. The van der Waals surface area contributed by atoms with Crippen molar-refractivity contribution in [3.63, 3.8) is 0 Å². The average Bonchev–Trinajstić information content (AvgIpc) is 3.08. The van der Waals surface area contributed by atoms with Gasteiger partial charge in [0.25, 0.3) is 15.9 Å². The number of ether oxygens (including phenoxy) is 1. The number of rotatable bonds is 4. The first-order valence-electron chi connectivity index (χ1n) is 13.4. The molecular formula is C29H36ClN5O4S. The van der Waals surface area contributed by atoms with Crippen molar-refractivity contribution < 1.29 is 17.9 Å². The number of fused-ring (bicyclic) bond motifs is 6. The van der Waals surface area contributed by atoms with Crippen LogP contribution in [0.4, 0.5) is 5.95 Å². The second kappa shape index (κ2) is 12.1. The molecule has 2 aromatic carbocycles. The van der Waals surface area contributed by atoms with Gasteiger partial charge in [-0.15, -0.1) is 12.4 Å². The molecule has 2 aliphatic heterocycles. The SMILES string of the molecule is Cc1cccc(C)c1-c1cc2nc(n1)NS(=O)(=O)c1cccc(c1)C(=O)N1C[C@@H](CNC[C@@H]1CCC(C)C)O2.Cl. The number of hydrogen-bond donors (Lipinski definition) is 2. The quantitative estimate of drug-likeness (QED) is 0.460. The molecule has 40 heavy (non-hydrogen) atoms. The van der Waals surface area contributed by atoms with Gasteiger partial charge in [-0.2, -0.15) is 4.98 Å². The molecule has 1 amide bonds. The highest BCUT2D eigenvalue weighted by molar-refractivity contribution is 7.92. The standard InChI is InChI=1S/C29H35N5O4S.ClH/c1-18(2)11-12-22-15-30-16-23-17-34(22)28(35)21-9-6-10-24(13-21)39(36,37)33-29-31-25(14-26(32-29)38-23)27-19(3)7-5-8-20(27)4;/h5-10,13-14,18,22-23,30H,11-12,15-17H2,1-4H3,(H,31,32,33);1H/t22-,23+;/m0./s1. The van der Waals surface area contributed by atoms with E-state index in [0.29, 0.717) is 36.8 Å². The van der Waals surface area contributed by atoms with Crippen LogP contribution in [0.5, 0.6) is 5.88 Å². The summed E-state index contributed by atoms with van der Waals surface area (Å²) in [6.45, 7) is 9.79. The molecule has 5 rings (SSSR count). The number of halogens is 1. The number of carbonyl (C=O) groups is 1. The van der Waals surface area contributed by atoms with Crippen LogP contribution >= 0.6 is 12.4 Å². The fourth-order valence-electron chi connectivity index (χ4n) is 5.25. The Morgan fingerprint density at radius 1 is 1.05 bits per heavy atom. The number of benzene rings is 2. The molecule has 9 nitrogen and oxygen atoms in total. The van der Waals surface area contributed by atoms with E-state index in [1.54, 1.807) is 18.2 Å². The number of hydrogen-bond acceptors (Lipinski definition) is 7. The van der Waals surface area contributed by atoms with Gasteiger partial charge in [-0.05, 0) is 61.9 Å². The first-order chi connectivity index (χ1) is 18.6. The molecule has 3 aromatic rings. The number of nitrogens with one attached hydrogen (secondary N) is 2. The van der Waals surface area contributed by atoms with Crippen molar-refractivity contribution in [1.29, 1.82) is 0 Å². The van der Waals surface area contributed by atoms with Crippen molar-refractivity contribution in [2.24, 2.45) is 5.92 Å². The van der Waals surface area contributed by atoms with Gasteiger partial charge >= 0.3 is 0 Å². The molecule has 1 aromatic heterocycles. The Hall–Kier alpha value is -3.21. The summed E-state index contributed by atoms with van der Waals surface area (Å²) in [6, 6.07) is 13.8. The van der Waals surface area contributed by atoms with Crippen molar-refractivity contribution in [2.75, 3.05) is 24.4 Å². The summed E-state index contributed by atoms with van der Waals surface area (Å²) in [6.07, 6.45) is 1.40. The van der Waals surface area contributed by atoms with E-state index in [1.165, 1.54) is 12.1 Å². The highest BCUT2D eigenvalue weighted by atomic mass is 35.5. The molecule has 2 aliphatic rings. The highest BCUT2D eigenvalue weighted by Gasteiger charge is 2.32. The van der Waals surface area contributed by atoms with Gasteiger partial charge in [-0.1, -0.05) is 38.1 Å². The fraction of sp³-hybridized carbons (Fsp3) is 0.414. The Kier molecular flexibility index (Phi) is 9.02. The van der Waals surface area contributed by atoms with Crippen LogP contribution in [-0.2, 0) is 10.0 Å². The van der Waals surface area contributed by atoms with Crippen molar-refractivity contribution >= 4 is 34.3 Å². The van der Waals surface area contributed by atoms with E-state index in [4.69, 9.17) is 4.74 Å². The van der Waals surface area contributed by atoms with Crippen molar-refractivity contribution in [1.82, 2.24) is 20.2 Å². The fourth-order valence-corrected chi connectivity index (χ4v) is 6.24. The van der Waals surface area contributed by atoms with E-state index in [0.717, 1.165) is 29.5 Å². The van der Waals surface area contributed by atoms with E-state index in [1.807, 2.05) is 36.9 Å². The molecule has 2 atom stereocenters. The van der Waals surface area contributed by atoms with Gasteiger partial charge in [0, 0.05) is 36.3 Å². The van der Waals surface area contributed by atoms with Crippen LogP contribution in [0.15, 0.2) is 53.4 Å². The zero-order valence-electron chi connectivity index (χ0n) is 23.2. The Morgan fingerprint density at radius 3 is 2.50 bits per heavy atom. The predicted octanol–water partition coefficient (Wildman–Crippen LogP) is 4.59. The topological polar surface area (TPSA) is 114 Å². The molecule has 3 heterocycles. The minimum Gasteiger partial charge on any atom is -0.471 e. The van der Waals surface area contributed by atoms with Crippen LogP contribution in [0.2, 0.25) is 0 Å². The smallest absolute Gasteiger partial charge is 0.264 e. The molecule has 1 saturated heterocycles. The molecule has 0 spiro atoms. The van der Waals surface area contributed by atoms with Gasteiger partial charge in [-0.25, -0.2) is 18.1 Å². The van der Waals surface area contributed by atoms with Gasteiger partial charge in [-0.3, -0.25) is 4.79 Å². The van der Waals surface area contributed by atoms with Crippen LogP contribution < -0.4 is 14.8 Å². The number of aryl methyl sites for hydroxylation is 2. The lowest BCUT2D eigenvalue weighted by Gasteiger charge is -2.32. The maximum Gasteiger partial charge on any atom is 0.264 e. The van der Waals surface area contributed by atoms with Crippen LogP contribution in [0, 0.1) is 19.8 Å². The first-order valence-corrected chi connectivity index (χ1v) is 14.9. The van der Waals surface area contributed by atoms with Gasteiger partial charge in [0.05, 0.1) is 17.1 Å². The van der Waals surface area contributed by atoms with Crippen LogP contribution in [-0.4, -0.2) is 61.0 Å². The summed E-state index contributed by atoms with van der Waals surface area (Å²) in [5.41, 5.74) is 3.76. The third-order valence-electron chi connectivity index (χ3n) is 7.28. The van der Waals surface area contributed by atoms with Gasteiger partial charge < -0.3 is 15.0 Å². The summed E-state index contributed by atoms with van der Waals surface area (Å²) in [5.74, 6) is 0.431. The van der Waals surface area contributed by atoms with Gasteiger partial charge in [0.2, 0.25) is 11.8 Å². The zero-order chi connectivity index (χ0) is 27.7. The number of amides is 1. The van der Waals surface area contributed by atoms with Crippen molar-refractivity contribution in [3.05, 3.63) is 65.2 Å². The molecule has 1 fully saturated rings. The lowest BCUT2D eigenvalue weighted by Crippen LogP contribution is -2.46. The van der Waals surface area contributed by atoms with Gasteiger partial charge in [0.15, 0.2) is 0 Å². The molecule has 0 radical (unpaired) electrons. The van der Waals surface area contributed by atoms with Crippen molar-refractivity contribution in [3.8, 4) is 17.1 Å². The molecule has 0 saturated carbocycles. The maximum absolute atomic E-state index is 13.8. The first kappa shape index (κ1) is 29.8. The third kappa shape index (κ3) is 6.40. The van der Waals surface area contributed by atoms with E-state index < -0.39 is 16.1 Å². The summed E-state index contributed by atoms with van der Waals surface area (Å²) >= 11 is 0. The molecule has 0 unspecified atom stereocenters. The van der Waals surface area contributed by atoms with Crippen LogP contribution in [0.1, 0.15) is 48.2 Å². The Bertz CT molecular complexity index is 1480. The lowest BCUT2D eigenvalue weighted by atomic mass is 10.00. The Morgan fingerprint density at radius 2 is 1.77 bits per heavy atom. The minimum atomic E-state index is -4.08. The largest absolute Gasteiger partial charge is 0.471 e. The monoisotopic (exact) mass is 585 g/mol. The molecular weight excluding hydrogens is 550 g/mol. The summed E-state index contributed by atoms with van der Waals surface area (Å²) < 4.78 is 35.7. The normalized spacial score (nSPS) is 20.1. The number of nitrogens with zero attached hydrogens (tertiary/aromatic N) is 3. The second-order valence-electron chi connectivity index (χ2n) is 10.8. The Balaban J connectivity index is 0.00000370. The minimum absolute atomic E-state index is 0. The third-order valence-corrected chi connectivity index (χ3v) is 8.60. The summed E-state index contributed by atoms with van der Waals surface area (Å²) in [7, 11) is -4.08. The highest BCUT2D eigenvalue weighted by Crippen LogP contribution is 2.30.